The van der Waals surface area contributed by atoms with Gasteiger partial charge in [0.1, 0.15) is 11.6 Å². The molecule has 7 nitrogen and oxygen atoms in total. The van der Waals surface area contributed by atoms with Crippen molar-refractivity contribution in [3.63, 3.8) is 0 Å². The van der Waals surface area contributed by atoms with Crippen molar-refractivity contribution in [2.75, 3.05) is 33.4 Å². The monoisotopic (exact) mass is 443 g/mol. The van der Waals surface area contributed by atoms with Crippen molar-refractivity contribution in [3.05, 3.63) is 47.8 Å². The predicted molar refractivity (Wildman–Crippen MR) is 123 cm³/mol. The molecule has 0 radical (unpaired) electrons. The Balaban J connectivity index is 1.24. The Kier molecular flexibility index (Phi) is 7.76. The summed E-state index contributed by atoms with van der Waals surface area (Å²) in [5.74, 6) is 1.34. The third-order valence-electron chi connectivity index (χ3n) is 6.29. The Hall–Kier alpha value is -2.45. The number of hydrogen-bond acceptors (Lipinski definition) is 4. The van der Waals surface area contributed by atoms with Gasteiger partial charge in [0.2, 0.25) is 0 Å². The van der Waals surface area contributed by atoms with Crippen molar-refractivity contribution in [1.29, 1.82) is 0 Å². The maximum Gasteiger partial charge on any atom is 0.193 e. The summed E-state index contributed by atoms with van der Waals surface area (Å²) in [5, 5.41) is 3.38. The van der Waals surface area contributed by atoms with Crippen molar-refractivity contribution in [1.82, 2.24) is 19.8 Å². The van der Waals surface area contributed by atoms with Gasteiger partial charge in [-0.15, -0.1) is 0 Å². The minimum Gasteiger partial charge on any atom is -0.376 e. The van der Waals surface area contributed by atoms with Crippen LogP contribution in [0.15, 0.2) is 35.6 Å². The minimum absolute atomic E-state index is 0.264. The van der Waals surface area contributed by atoms with Crippen LogP contribution in [0.5, 0.6) is 0 Å². The molecule has 8 heteroatoms. The normalized spacial score (nSPS) is 20.5. The molecule has 3 heterocycles. The lowest BCUT2D eigenvalue weighted by molar-refractivity contribution is -0.0721. The Bertz CT molecular complexity index is 902. The minimum atomic E-state index is -0.264. The summed E-state index contributed by atoms with van der Waals surface area (Å²) in [4.78, 5) is 10.8. The molecule has 2 aliphatic rings. The smallest absolute Gasteiger partial charge is 0.193 e. The number of rotatable bonds is 6. The van der Waals surface area contributed by atoms with E-state index in [0.717, 1.165) is 56.3 Å². The standard InChI is InChI=1S/C24H34FN5O2/c1-18-27-10-13-30(18)23-7-6-19(15-22(23)25)16-28-24(26-2)29-11-8-20(9-12-29)32-17-21-5-3-4-14-31-21/h6-7,10,13,15,20-21H,3-5,8-9,11-12,14,16-17H2,1-2H3,(H,26,28). The molecule has 1 unspecified atom stereocenters. The molecule has 0 bridgehead atoms. The van der Waals surface area contributed by atoms with Crippen molar-refractivity contribution in [2.24, 2.45) is 4.99 Å². The van der Waals surface area contributed by atoms with Crippen molar-refractivity contribution >= 4 is 5.96 Å². The van der Waals surface area contributed by atoms with Crippen LogP contribution in [0.1, 0.15) is 43.5 Å². The highest BCUT2D eigenvalue weighted by atomic mass is 19.1. The van der Waals surface area contributed by atoms with Crippen molar-refractivity contribution in [2.45, 2.75) is 57.8 Å². The van der Waals surface area contributed by atoms with Crippen LogP contribution >= 0.6 is 0 Å². The largest absolute Gasteiger partial charge is 0.376 e. The predicted octanol–water partition coefficient (Wildman–Crippen LogP) is 3.45. The maximum absolute atomic E-state index is 14.7. The molecule has 1 aromatic carbocycles. The van der Waals surface area contributed by atoms with E-state index in [4.69, 9.17) is 9.47 Å². The highest BCUT2D eigenvalue weighted by molar-refractivity contribution is 5.80. The topological polar surface area (TPSA) is 63.9 Å². The summed E-state index contributed by atoms with van der Waals surface area (Å²) in [5.41, 5.74) is 1.38. The van der Waals surface area contributed by atoms with E-state index in [-0.39, 0.29) is 18.0 Å². The van der Waals surface area contributed by atoms with E-state index in [1.54, 1.807) is 36.1 Å². The first-order valence-electron chi connectivity index (χ1n) is 11.6. The Morgan fingerprint density at radius 2 is 2.12 bits per heavy atom. The van der Waals surface area contributed by atoms with Gasteiger partial charge in [-0.05, 0) is 56.7 Å². The quantitative estimate of drug-likeness (QED) is 0.547. The Morgan fingerprint density at radius 3 is 2.78 bits per heavy atom. The zero-order valence-corrected chi connectivity index (χ0v) is 19.1. The molecular formula is C24H34FN5O2. The van der Waals surface area contributed by atoms with Gasteiger partial charge in [0.25, 0.3) is 0 Å². The molecule has 4 rings (SSSR count). The van der Waals surface area contributed by atoms with Gasteiger partial charge >= 0.3 is 0 Å². The van der Waals surface area contributed by atoms with E-state index >= 15 is 0 Å². The number of halogens is 1. The summed E-state index contributed by atoms with van der Waals surface area (Å²) in [7, 11) is 1.79. The molecular weight excluding hydrogens is 409 g/mol. The van der Waals surface area contributed by atoms with Gasteiger partial charge in [-0.1, -0.05) is 6.07 Å². The van der Waals surface area contributed by atoms with E-state index in [9.17, 15) is 4.39 Å². The zero-order valence-electron chi connectivity index (χ0n) is 19.1. The second-order valence-electron chi connectivity index (χ2n) is 8.54. The van der Waals surface area contributed by atoms with Gasteiger partial charge in [0.15, 0.2) is 5.96 Å². The Labute approximate surface area is 189 Å². The van der Waals surface area contributed by atoms with Gasteiger partial charge in [0.05, 0.1) is 24.5 Å². The second kappa shape index (κ2) is 10.9. The molecule has 1 atom stereocenters. The third kappa shape index (κ3) is 5.66. The number of piperidine rings is 1. The number of ether oxygens (including phenoxy) is 2. The van der Waals surface area contributed by atoms with E-state index in [0.29, 0.717) is 18.8 Å². The lowest BCUT2D eigenvalue weighted by Crippen LogP contribution is -2.47. The van der Waals surface area contributed by atoms with Gasteiger partial charge in [-0.3, -0.25) is 4.99 Å². The fourth-order valence-corrected chi connectivity index (χ4v) is 4.42. The first-order chi connectivity index (χ1) is 15.6. The van der Waals surface area contributed by atoms with Crippen LogP contribution in [0.25, 0.3) is 5.69 Å². The average molecular weight is 444 g/mol. The second-order valence-corrected chi connectivity index (χ2v) is 8.54. The molecule has 1 N–H and O–H groups in total. The molecule has 32 heavy (non-hydrogen) atoms. The highest BCUT2D eigenvalue weighted by Crippen LogP contribution is 2.19. The lowest BCUT2D eigenvalue weighted by Gasteiger charge is -2.35. The van der Waals surface area contributed by atoms with Crippen LogP contribution < -0.4 is 5.32 Å². The van der Waals surface area contributed by atoms with Crippen LogP contribution in [0.4, 0.5) is 4.39 Å². The maximum atomic E-state index is 14.7. The molecule has 2 aromatic rings. The van der Waals surface area contributed by atoms with Crippen LogP contribution in [0, 0.1) is 12.7 Å². The molecule has 2 aliphatic heterocycles. The number of guanidine groups is 1. The number of hydrogen-bond donors (Lipinski definition) is 1. The molecule has 2 saturated heterocycles. The number of nitrogens with one attached hydrogen (secondary N) is 1. The fraction of sp³-hybridized carbons (Fsp3) is 0.583. The zero-order chi connectivity index (χ0) is 22.3. The molecule has 0 amide bonds. The van der Waals surface area contributed by atoms with Crippen molar-refractivity contribution < 1.29 is 13.9 Å². The first-order valence-corrected chi connectivity index (χ1v) is 11.6. The van der Waals surface area contributed by atoms with E-state index in [1.807, 2.05) is 13.0 Å². The number of aliphatic imine (C=N–C) groups is 1. The number of imidazole rings is 1. The number of aryl methyl sites for hydroxylation is 1. The summed E-state index contributed by atoms with van der Waals surface area (Å²) >= 11 is 0. The van der Waals surface area contributed by atoms with E-state index in [2.05, 4.69) is 20.2 Å². The first kappa shape index (κ1) is 22.7. The van der Waals surface area contributed by atoms with E-state index in [1.165, 1.54) is 12.8 Å². The van der Waals surface area contributed by atoms with Crippen LogP contribution in [0.2, 0.25) is 0 Å². The van der Waals surface area contributed by atoms with Crippen molar-refractivity contribution in [3.8, 4) is 5.69 Å². The van der Waals surface area contributed by atoms with Crippen LogP contribution in [-0.4, -0.2) is 66.0 Å². The summed E-state index contributed by atoms with van der Waals surface area (Å²) in [6.45, 7) is 5.73. The third-order valence-corrected chi connectivity index (χ3v) is 6.29. The molecule has 0 spiro atoms. The molecule has 0 aliphatic carbocycles. The van der Waals surface area contributed by atoms with Crippen LogP contribution in [0.3, 0.4) is 0 Å². The average Bonchev–Trinajstić information content (AvgIpc) is 3.25. The lowest BCUT2D eigenvalue weighted by atomic mass is 10.1. The van der Waals surface area contributed by atoms with Gasteiger partial charge in [-0.2, -0.15) is 0 Å². The van der Waals surface area contributed by atoms with Gasteiger partial charge in [0, 0.05) is 45.7 Å². The highest BCUT2D eigenvalue weighted by Gasteiger charge is 2.23. The summed E-state index contributed by atoms with van der Waals surface area (Å²) < 4.78 is 28.3. The summed E-state index contributed by atoms with van der Waals surface area (Å²) in [6, 6.07) is 5.30. The number of aromatic nitrogens is 2. The van der Waals surface area contributed by atoms with Crippen LogP contribution in [-0.2, 0) is 16.0 Å². The molecule has 0 saturated carbocycles. The molecule has 1 aromatic heterocycles. The number of likely N-dealkylation sites (tertiary alicyclic amines) is 1. The molecule has 174 valence electrons. The SMILES string of the molecule is CN=C(NCc1ccc(-n2ccnc2C)c(F)c1)N1CCC(OCC2CCCCO2)CC1. The van der Waals surface area contributed by atoms with E-state index < -0.39 is 0 Å². The summed E-state index contributed by atoms with van der Waals surface area (Å²) in [6.07, 6.45) is 9.45. The molecule has 2 fully saturated rings. The van der Waals surface area contributed by atoms with Gasteiger partial charge in [-0.25, -0.2) is 9.37 Å². The fourth-order valence-electron chi connectivity index (χ4n) is 4.42. The number of nitrogens with zero attached hydrogens (tertiary/aromatic N) is 4. The number of benzene rings is 1. The Morgan fingerprint density at radius 1 is 1.28 bits per heavy atom. The van der Waals surface area contributed by atoms with Gasteiger partial charge < -0.3 is 24.3 Å².